The Morgan fingerprint density at radius 2 is 2.04 bits per heavy atom. The van der Waals surface area contributed by atoms with Gasteiger partial charge in [-0.1, -0.05) is 43.9 Å². The van der Waals surface area contributed by atoms with Crippen molar-refractivity contribution in [3.8, 4) is 0 Å². The number of carbonyl (C=O) groups is 1. The van der Waals surface area contributed by atoms with E-state index >= 15 is 0 Å². The van der Waals surface area contributed by atoms with E-state index in [-0.39, 0.29) is 0 Å². The fraction of sp³-hybridized carbons (Fsp3) is 0.348. The van der Waals surface area contributed by atoms with Crippen molar-refractivity contribution in [2.24, 2.45) is 0 Å². The Bertz CT molecular complexity index is 929. The Hall–Kier alpha value is -2.75. The van der Waals surface area contributed by atoms with Crippen LogP contribution in [0.1, 0.15) is 51.5 Å². The van der Waals surface area contributed by atoms with Crippen LogP contribution >= 0.6 is 0 Å². The van der Waals surface area contributed by atoms with Crippen molar-refractivity contribution in [3.63, 3.8) is 0 Å². The maximum absolute atomic E-state index is 11.9. The van der Waals surface area contributed by atoms with Gasteiger partial charge in [-0.05, 0) is 51.0 Å². The largest absolute Gasteiger partial charge is 0.460 e. The average molecular weight is 367 g/mol. The lowest BCUT2D eigenvalue weighted by Crippen LogP contribution is -2.32. The van der Waals surface area contributed by atoms with E-state index in [2.05, 4.69) is 18.8 Å². The molecule has 0 aliphatic heterocycles. The summed E-state index contributed by atoms with van der Waals surface area (Å²) in [4.78, 5) is 11.9. The molecule has 0 saturated heterocycles. The number of aryl methyl sites for hydroxylation is 1. The number of nitrogens with one attached hydrogen (secondary N) is 1. The minimum absolute atomic E-state index is 0.390. The summed E-state index contributed by atoms with van der Waals surface area (Å²) in [6.45, 7) is 14.1. The molecule has 4 heteroatoms. The summed E-state index contributed by atoms with van der Waals surface area (Å²) in [7, 11) is 0. The number of rotatable bonds is 5. The van der Waals surface area contributed by atoms with Crippen LogP contribution in [0, 0.1) is 0 Å². The zero-order chi connectivity index (χ0) is 20.0. The molecule has 0 bridgehead atoms. The third kappa shape index (κ3) is 5.88. The third-order valence-corrected chi connectivity index (χ3v) is 3.86. The van der Waals surface area contributed by atoms with Gasteiger partial charge in [-0.15, -0.1) is 0 Å². The first-order valence-corrected chi connectivity index (χ1v) is 9.24. The lowest BCUT2D eigenvalue weighted by atomic mass is 10.0. The molecule has 1 amide bonds. The molecule has 0 unspecified atom stereocenters. The first-order chi connectivity index (χ1) is 12.7. The highest BCUT2D eigenvalue weighted by Crippen LogP contribution is 2.15. The molecule has 0 spiro atoms. The van der Waals surface area contributed by atoms with Crippen LogP contribution < -0.4 is 16.0 Å². The van der Waals surface area contributed by atoms with Crippen molar-refractivity contribution in [3.05, 3.63) is 70.0 Å². The normalized spacial score (nSPS) is 12.9. The average Bonchev–Trinajstić information content (AvgIpc) is 2.97. The number of amides is 1. The van der Waals surface area contributed by atoms with Crippen LogP contribution in [0.4, 0.5) is 4.79 Å². The number of ether oxygens (including phenoxy) is 1. The number of allylic oxidation sites excluding steroid dienone is 2. The maximum Gasteiger partial charge on any atom is 0.407 e. The maximum atomic E-state index is 11.9. The summed E-state index contributed by atoms with van der Waals surface area (Å²) in [5.74, 6) is 0.916. The standard InChI is InChI=1S/C23H29NO3/c1-7-10-20(21-16(3)13-19(8-2)26-21)18-12-9-11-17(14-18)15-24-22(25)27-23(4,5)6/h7,9-14H,3,8,15H2,1-2,4-6H3,(H,24,25)/b10-7-,21-20-. The van der Waals surface area contributed by atoms with Gasteiger partial charge in [-0.2, -0.15) is 0 Å². The molecule has 2 aromatic rings. The Labute approximate surface area is 161 Å². The van der Waals surface area contributed by atoms with Crippen LogP contribution in [0.25, 0.3) is 12.2 Å². The van der Waals surface area contributed by atoms with E-state index in [1.807, 2.05) is 70.2 Å². The Morgan fingerprint density at radius 3 is 2.63 bits per heavy atom. The molecule has 4 nitrogen and oxygen atoms in total. The van der Waals surface area contributed by atoms with Crippen LogP contribution in [0.2, 0.25) is 0 Å². The van der Waals surface area contributed by atoms with Gasteiger partial charge in [-0.3, -0.25) is 0 Å². The smallest absolute Gasteiger partial charge is 0.407 e. The molecule has 1 heterocycles. The number of benzene rings is 1. The fourth-order valence-corrected chi connectivity index (χ4v) is 2.70. The van der Waals surface area contributed by atoms with Crippen molar-refractivity contribution in [2.45, 2.75) is 53.2 Å². The predicted octanol–water partition coefficient (Wildman–Crippen LogP) is 4.05. The first-order valence-electron chi connectivity index (χ1n) is 9.24. The topological polar surface area (TPSA) is 51.5 Å². The number of alkyl carbamates (subject to hydrolysis) is 1. The van der Waals surface area contributed by atoms with Gasteiger partial charge in [0.05, 0.1) is 0 Å². The highest BCUT2D eigenvalue weighted by Gasteiger charge is 2.15. The molecule has 0 radical (unpaired) electrons. The van der Waals surface area contributed by atoms with Gasteiger partial charge in [0.25, 0.3) is 0 Å². The lowest BCUT2D eigenvalue weighted by Gasteiger charge is -2.19. The molecule has 1 aromatic carbocycles. The molecule has 1 aromatic heterocycles. The van der Waals surface area contributed by atoms with Crippen LogP contribution in [-0.4, -0.2) is 11.7 Å². The molecule has 1 N–H and O–H groups in total. The summed E-state index contributed by atoms with van der Waals surface area (Å²) in [5.41, 5.74) is 3.23. The second kappa shape index (κ2) is 8.76. The number of carbonyl (C=O) groups excluding carboxylic acids is 1. The molecule has 0 saturated carbocycles. The molecule has 0 atom stereocenters. The monoisotopic (exact) mass is 367 g/mol. The highest BCUT2D eigenvalue weighted by molar-refractivity contribution is 5.73. The van der Waals surface area contributed by atoms with E-state index in [0.717, 1.165) is 39.5 Å². The SMILES string of the molecule is C=c1cc(CC)o/c1=C(/C=C\C)c1cccc(CNC(=O)OC(C)(C)C)c1. The van der Waals surface area contributed by atoms with Crippen molar-refractivity contribution in [2.75, 3.05) is 0 Å². The lowest BCUT2D eigenvalue weighted by molar-refractivity contribution is 0.0523. The molecule has 144 valence electrons. The Balaban J connectivity index is 2.32. The van der Waals surface area contributed by atoms with Gasteiger partial charge in [0.2, 0.25) is 0 Å². The predicted molar refractivity (Wildman–Crippen MR) is 110 cm³/mol. The van der Waals surface area contributed by atoms with Crippen LogP contribution in [0.15, 0.2) is 46.9 Å². The van der Waals surface area contributed by atoms with E-state index in [0.29, 0.717) is 6.54 Å². The molecular formula is C23H29NO3. The summed E-state index contributed by atoms with van der Waals surface area (Å²) >= 11 is 0. The van der Waals surface area contributed by atoms with Gasteiger partial charge < -0.3 is 14.5 Å². The molecule has 0 fully saturated rings. The van der Waals surface area contributed by atoms with Gasteiger partial charge in [0, 0.05) is 23.8 Å². The second-order valence-electron chi connectivity index (χ2n) is 7.39. The van der Waals surface area contributed by atoms with E-state index in [9.17, 15) is 4.79 Å². The Morgan fingerprint density at radius 1 is 1.30 bits per heavy atom. The molecule has 0 aliphatic rings. The second-order valence-corrected chi connectivity index (χ2v) is 7.39. The zero-order valence-corrected chi connectivity index (χ0v) is 16.9. The molecular weight excluding hydrogens is 338 g/mol. The minimum atomic E-state index is -0.514. The number of hydrogen-bond acceptors (Lipinski definition) is 3. The summed E-state index contributed by atoms with van der Waals surface area (Å²) in [6, 6.07) is 9.99. The first kappa shape index (κ1) is 20.6. The van der Waals surface area contributed by atoms with Gasteiger partial charge in [0.1, 0.15) is 16.8 Å². The van der Waals surface area contributed by atoms with Crippen molar-refractivity contribution in [1.82, 2.24) is 5.32 Å². The Kier molecular flexibility index (Phi) is 6.67. The van der Waals surface area contributed by atoms with Crippen LogP contribution in [0.5, 0.6) is 0 Å². The van der Waals surface area contributed by atoms with E-state index in [4.69, 9.17) is 9.15 Å². The van der Waals surface area contributed by atoms with Crippen LogP contribution in [0.3, 0.4) is 0 Å². The summed E-state index contributed by atoms with van der Waals surface area (Å²) < 4.78 is 11.3. The van der Waals surface area contributed by atoms with Gasteiger partial charge >= 0.3 is 6.09 Å². The summed E-state index contributed by atoms with van der Waals surface area (Å²) in [5, 5.41) is 3.67. The van der Waals surface area contributed by atoms with Crippen LogP contribution in [-0.2, 0) is 17.7 Å². The molecule has 0 aliphatic carbocycles. The molecule has 2 rings (SSSR count). The van der Waals surface area contributed by atoms with Crippen molar-refractivity contribution in [1.29, 1.82) is 0 Å². The van der Waals surface area contributed by atoms with Gasteiger partial charge in [-0.25, -0.2) is 4.79 Å². The minimum Gasteiger partial charge on any atom is -0.460 e. The number of furan rings is 1. The van der Waals surface area contributed by atoms with E-state index in [1.54, 1.807) is 0 Å². The van der Waals surface area contributed by atoms with E-state index < -0.39 is 11.7 Å². The molecule has 27 heavy (non-hydrogen) atoms. The van der Waals surface area contributed by atoms with Crippen molar-refractivity contribution >= 4 is 18.2 Å². The zero-order valence-electron chi connectivity index (χ0n) is 16.9. The fourth-order valence-electron chi connectivity index (χ4n) is 2.70. The quantitative estimate of drug-likeness (QED) is 0.867. The third-order valence-electron chi connectivity index (χ3n) is 3.86. The van der Waals surface area contributed by atoms with Gasteiger partial charge in [0.15, 0.2) is 0 Å². The van der Waals surface area contributed by atoms with E-state index in [1.165, 1.54) is 0 Å². The highest BCUT2D eigenvalue weighted by atomic mass is 16.6. The number of hydrogen-bond donors (Lipinski definition) is 1. The summed E-state index contributed by atoms with van der Waals surface area (Å²) in [6.07, 6.45) is 4.40. The van der Waals surface area contributed by atoms with Crippen molar-refractivity contribution < 1.29 is 13.9 Å².